The fraction of sp³-hybridized carbons (Fsp3) is 0.469. The highest BCUT2D eigenvalue weighted by Crippen LogP contribution is 2.29. The molecular weight excluding hydrogens is 614 g/mol. The highest BCUT2D eigenvalue weighted by atomic mass is 28.3. The van der Waals surface area contributed by atoms with Gasteiger partial charge in [-0.25, -0.2) is 23.2 Å². The van der Waals surface area contributed by atoms with Gasteiger partial charge in [0, 0.05) is 32.7 Å². The molecule has 11 nitrogen and oxygen atoms in total. The number of rotatable bonds is 14. The van der Waals surface area contributed by atoms with Gasteiger partial charge < -0.3 is 23.7 Å². The number of carbonyl (C=O) groups is 1. The molecule has 1 atom stereocenters. The number of alkyl halides is 2. The summed E-state index contributed by atoms with van der Waals surface area (Å²) in [6.45, 7) is 8.48. The Morgan fingerprint density at radius 3 is 2.52 bits per heavy atom. The molecular formula is C32H38F2N6O5Si. The number of hydrogen-bond acceptors (Lipinski definition) is 9. The molecule has 46 heavy (non-hydrogen) atoms. The first-order chi connectivity index (χ1) is 22.0. The molecule has 0 aliphatic carbocycles. The molecule has 244 valence electrons. The molecule has 4 aromatic rings. The lowest BCUT2D eigenvalue weighted by molar-refractivity contribution is -0.146. The monoisotopic (exact) mass is 652 g/mol. The van der Waals surface area contributed by atoms with Gasteiger partial charge in [-0.15, -0.1) is 0 Å². The number of hydrogen-bond donors (Lipinski definition) is 0. The number of nitrogens with zero attached hydrogens (tertiary/aromatic N) is 6. The molecule has 1 aliphatic heterocycles. The van der Waals surface area contributed by atoms with E-state index in [9.17, 15) is 23.6 Å². The van der Waals surface area contributed by atoms with E-state index in [4.69, 9.17) is 24.3 Å². The molecule has 0 bridgehead atoms. The van der Waals surface area contributed by atoms with Crippen molar-refractivity contribution in [1.82, 2.24) is 24.2 Å². The number of imidazole rings is 1. The molecule has 1 unspecified atom stereocenters. The minimum absolute atomic E-state index is 0.00943. The second-order valence-electron chi connectivity index (χ2n) is 12.6. The number of likely N-dealkylation sites (tertiary alicyclic amines) is 1. The summed E-state index contributed by atoms with van der Waals surface area (Å²) in [6, 6.07) is 12.1. The zero-order valence-corrected chi connectivity index (χ0v) is 27.5. The lowest BCUT2D eigenvalue weighted by Crippen LogP contribution is -2.46. The van der Waals surface area contributed by atoms with Crippen molar-refractivity contribution in [3.8, 4) is 11.8 Å². The Labute approximate surface area is 266 Å². The maximum atomic E-state index is 13.7. The number of methoxy groups -OCH3 is 1. The fourth-order valence-electron chi connectivity index (χ4n) is 5.34. The molecule has 1 fully saturated rings. The van der Waals surface area contributed by atoms with Crippen LogP contribution in [-0.2, 0) is 27.4 Å². The van der Waals surface area contributed by atoms with Crippen LogP contribution in [0.4, 0.5) is 8.78 Å². The van der Waals surface area contributed by atoms with Crippen molar-refractivity contribution in [3.63, 3.8) is 0 Å². The number of carbonyl (C=O) groups excluding carboxylic acids is 1. The fourth-order valence-corrected chi connectivity index (χ4v) is 6.09. The Hall–Kier alpha value is -4.19. The summed E-state index contributed by atoms with van der Waals surface area (Å²) in [5, 5.41) is 15.5. The van der Waals surface area contributed by atoms with Crippen LogP contribution in [0.1, 0.15) is 29.5 Å². The van der Waals surface area contributed by atoms with E-state index >= 15 is 0 Å². The van der Waals surface area contributed by atoms with E-state index in [2.05, 4.69) is 24.5 Å². The van der Waals surface area contributed by atoms with Gasteiger partial charge >= 0.3 is 5.97 Å². The second kappa shape index (κ2) is 14.1. The van der Waals surface area contributed by atoms with Gasteiger partial charge in [0.05, 0.1) is 41.2 Å². The number of aromatic nitrogens is 4. The molecule has 0 amide bonds. The standard InChI is InChI=1S/C32H38F2N6O5Si/c1-43-32(42)27(18-38-10-7-11-38)40-31(41)23-9-6-5-8-22(23)24(37-40)16-30-36-25-15-28(45-19-29(33)34)21(17-35)14-26(25)39(30)20-44-12-13-46(2,3)4/h5-6,8-9,14-15,27,29H,7,10-13,16,18-20H2,1-4H3. The van der Waals surface area contributed by atoms with Crippen molar-refractivity contribution < 1.29 is 27.8 Å². The zero-order valence-electron chi connectivity index (χ0n) is 26.5. The highest BCUT2D eigenvalue weighted by molar-refractivity contribution is 6.76. The van der Waals surface area contributed by atoms with Crippen molar-refractivity contribution in [2.75, 3.05) is 40.0 Å². The number of benzene rings is 2. The van der Waals surface area contributed by atoms with E-state index in [1.165, 1.54) is 17.9 Å². The summed E-state index contributed by atoms with van der Waals surface area (Å²) in [4.78, 5) is 33.5. The van der Waals surface area contributed by atoms with Crippen LogP contribution >= 0.6 is 0 Å². The first kappa shape index (κ1) is 33.2. The molecule has 2 aromatic carbocycles. The van der Waals surface area contributed by atoms with E-state index < -0.39 is 38.7 Å². The van der Waals surface area contributed by atoms with E-state index in [0.717, 1.165) is 25.6 Å². The molecule has 14 heteroatoms. The van der Waals surface area contributed by atoms with Crippen LogP contribution < -0.4 is 10.3 Å². The summed E-state index contributed by atoms with van der Waals surface area (Å²) < 4.78 is 45.4. The molecule has 3 heterocycles. The van der Waals surface area contributed by atoms with Crippen LogP contribution in [-0.4, -0.2) is 84.7 Å². The van der Waals surface area contributed by atoms with Crippen molar-refractivity contribution in [2.24, 2.45) is 0 Å². The molecule has 0 saturated carbocycles. The zero-order chi connectivity index (χ0) is 33.0. The van der Waals surface area contributed by atoms with Gasteiger partial charge in [-0.05, 0) is 37.7 Å². The summed E-state index contributed by atoms with van der Waals surface area (Å²) in [5.74, 6) is -0.0422. The van der Waals surface area contributed by atoms with Crippen LogP contribution in [0.15, 0.2) is 41.2 Å². The number of halogens is 2. The van der Waals surface area contributed by atoms with Crippen molar-refractivity contribution in [3.05, 3.63) is 63.8 Å². The van der Waals surface area contributed by atoms with Crippen LogP contribution in [0.25, 0.3) is 21.8 Å². The van der Waals surface area contributed by atoms with Crippen molar-refractivity contribution in [2.45, 2.75) is 57.7 Å². The highest BCUT2D eigenvalue weighted by Gasteiger charge is 2.30. The summed E-state index contributed by atoms with van der Waals surface area (Å²) in [5.41, 5.74) is 1.17. The number of fused-ring (bicyclic) bond motifs is 2. The number of ether oxygens (including phenoxy) is 3. The Morgan fingerprint density at radius 1 is 1.15 bits per heavy atom. The number of nitriles is 1. The van der Waals surface area contributed by atoms with Crippen LogP contribution in [0, 0.1) is 11.3 Å². The lowest BCUT2D eigenvalue weighted by Gasteiger charge is -2.33. The smallest absolute Gasteiger partial charge is 0.332 e. The Kier molecular flexibility index (Phi) is 10.1. The van der Waals surface area contributed by atoms with E-state index in [-0.39, 0.29) is 24.5 Å². The van der Waals surface area contributed by atoms with Gasteiger partial charge in [-0.2, -0.15) is 10.4 Å². The maximum Gasteiger partial charge on any atom is 0.332 e. The molecule has 0 radical (unpaired) electrons. The SMILES string of the molecule is COC(=O)C(CN1CCC1)n1nc(Cc2nc3cc(OCC(F)F)c(C#N)cc3n2COCC[Si](C)(C)C)c2ccccc2c1=O. The van der Waals surface area contributed by atoms with Crippen molar-refractivity contribution >= 4 is 35.8 Å². The third kappa shape index (κ3) is 7.43. The summed E-state index contributed by atoms with van der Waals surface area (Å²) in [6.07, 6.45) is -1.56. The van der Waals surface area contributed by atoms with Crippen LogP contribution in [0.5, 0.6) is 5.75 Å². The molecule has 1 saturated heterocycles. The number of esters is 1. The van der Waals surface area contributed by atoms with Gasteiger partial charge in [0.25, 0.3) is 12.0 Å². The first-order valence-electron chi connectivity index (χ1n) is 15.2. The van der Waals surface area contributed by atoms with Gasteiger partial charge in [-0.3, -0.25) is 4.79 Å². The average molecular weight is 653 g/mol. The molecule has 1 aliphatic rings. The Balaban J connectivity index is 1.61. The van der Waals surface area contributed by atoms with E-state index in [1.807, 2.05) is 16.7 Å². The third-order valence-corrected chi connectivity index (χ3v) is 9.71. The van der Waals surface area contributed by atoms with Gasteiger partial charge in [-0.1, -0.05) is 37.8 Å². The van der Waals surface area contributed by atoms with Gasteiger partial charge in [0.2, 0.25) is 0 Å². The Morgan fingerprint density at radius 2 is 1.89 bits per heavy atom. The Bertz CT molecular complexity index is 1830. The normalized spacial score (nSPS) is 14.4. The maximum absolute atomic E-state index is 13.7. The molecule has 0 spiro atoms. The first-order valence-corrected chi connectivity index (χ1v) is 18.9. The second-order valence-corrected chi connectivity index (χ2v) is 18.2. The van der Waals surface area contributed by atoms with Crippen LogP contribution in [0.3, 0.4) is 0 Å². The largest absolute Gasteiger partial charge is 0.486 e. The molecule has 5 rings (SSSR count). The minimum Gasteiger partial charge on any atom is -0.486 e. The topological polar surface area (TPSA) is 125 Å². The third-order valence-electron chi connectivity index (χ3n) is 8.01. The summed E-state index contributed by atoms with van der Waals surface area (Å²) in [7, 11) is -0.0893. The van der Waals surface area contributed by atoms with Crippen molar-refractivity contribution in [1.29, 1.82) is 5.26 Å². The summed E-state index contributed by atoms with van der Waals surface area (Å²) >= 11 is 0. The van der Waals surface area contributed by atoms with Gasteiger partial charge in [0.15, 0.2) is 6.04 Å². The predicted molar refractivity (Wildman–Crippen MR) is 171 cm³/mol. The van der Waals surface area contributed by atoms with E-state index in [0.29, 0.717) is 46.5 Å². The lowest BCUT2D eigenvalue weighted by atomic mass is 10.1. The van der Waals surface area contributed by atoms with Crippen LogP contribution in [0.2, 0.25) is 25.7 Å². The molecule has 2 aromatic heterocycles. The van der Waals surface area contributed by atoms with E-state index in [1.54, 1.807) is 24.3 Å². The quantitative estimate of drug-likeness (QED) is 0.109. The minimum atomic E-state index is -2.71. The average Bonchev–Trinajstić information content (AvgIpc) is 3.33. The predicted octanol–water partition coefficient (Wildman–Crippen LogP) is 4.58. The van der Waals surface area contributed by atoms with Gasteiger partial charge in [0.1, 0.15) is 31.0 Å². The molecule has 0 N–H and O–H groups in total.